The largest absolute Gasteiger partial charge is 0.368 e. The van der Waals surface area contributed by atoms with Crippen molar-refractivity contribution in [2.45, 2.75) is 24.5 Å². The third-order valence-electron chi connectivity index (χ3n) is 3.12. The van der Waals surface area contributed by atoms with Crippen LogP contribution in [-0.2, 0) is 10.3 Å². The van der Waals surface area contributed by atoms with Crippen LogP contribution in [-0.4, -0.2) is 21.6 Å². The Morgan fingerprint density at radius 2 is 1.76 bits per heavy atom. The highest BCUT2D eigenvalue weighted by molar-refractivity contribution is 7.99. The first-order chi connectivity index (χ1) is 9.91. The fraction of sp³-hybridized carbons (Fsp3) is 0.267. The summed E-state index contributed by atoms with van der Waals surface area (Å²) < 4.78 is 0. The topological polar surface area (TPSA) is 94.9 Å². The van der Waals surface area contributed by atoms with Gasteiger partial charge in [0.1, 0.15) is 5.54 Å². The van der Waals surface area contributed by atoms with Crippen LogP contribution < -0.4 is 11.5 Å². The van der Waals surface area contributed by atoms with Gasteiger partial charge < -0.3 is 11.5 Å². The van der Waals surface area contributed by atoms with Crippen molar-refractivity contribution in [2.24, 2.45) is 11.5 Å². The third-order valence-corrected chi connectivity index (χ3v) is 4.16. The molecule has 1 unspecified atom stereocenters. The maximum Gasteiger partial charge on any atom is 0.243 e. The molecule has 1 aromatic heterocycles. The van der Waals surface area contributed by atoms with Crippen LogP contribution in [0.2, 0.25) is 0 Å². The number of hydrogen-bond acceptors (Lipinski definition) is 5. The Morgan fingerprint density at radius 1 is 1.19 bits per heavy atom. The molecule has 2 rings (SSSR count). The Kier molecular flexibility index (Phi) is 4.59. The summed E-state index contributed by atoms with van der Waals surface area (Å²) in [7, 11) is 0. The van der Waals surface area contributed by atoms with E-state index in [1.165, 1.54) is 11.8 Å². The average molecular weight is 302 g/mol. The van der Waals surface area contributed by atoms with Gasteiger partial charge in [-0.05, 0) is 25.5 Å². The van der Waals surface area contributed by atoms with Gasteiger partial charge in [-0.2, -0.15) is 0 Å². The lowest BCUT2D eigenvalue weighted by molar-refractivity contribution is -0.122. The minimum absolute atomic E-state index is 0.287. The summed E-state index contributed by atoms with van der Waals surface area (Å²) in [6.45, 7) is 3.80. The highest BCUT2D eigenvalue weighted by atomic mass is 32.2. The Hall–Kier alpha value is -1.92. The Labute approximate surface area is 128 Å². The number of carbonyl (C=O) groups is 1. The van der Waals surface area contributed by atoms with Crippen LogP contribution in [0.1, 0.15) is 17.0 Å². The highest BCUT2D eigenvalue weighted by Gasteiger charge is 2.34. The van der Waals surface area contributed by atoms with Crippen LogP contribution in [0, 0.1) is 13.8 Å². The molecular formula is C15H18N4OS. The monoisotopic (exact) mass is 302 g/mol. The van der Waals surface area contributed by atoms with Gasteiger partial charge >= 0.3 is 0 Å². The summed E-state index contributed by atoms with van der Waals surface area (Å²) >= 11 is 1.33. The number of primary amides is 1. The molecule has 2 aromatic rings. The van der Waals surface area contributed by atoms with Crippen LogP contribution >= 0.6 is 11.8 Å². The van der Waals surface area contributed by atoms with E-state index < -0.39 is 11.4 Å². The number of thioether (sulfide) groups is 1. The average Bonchev–Trinajstić information content (AvgIpc) is 2.44. The highest BCUT2D eigenvalue weighted by Crippen LogP contribution is 2.26. The van der Waals surface area contributed by atoms with E-state index in [1.54, 1.807) is 12.1 Å². The Bertz CT molecular complexity index is 627. The molecule has 4 N–H and O–H groups in total. The number of benzene rings is 1. The standard InChI is InChI=1S/C15H18N4OS/c1-10-8-11(2)19-14(18-10)21-9-15(17,13(16)20)12-6-4-3-5-7-12/h3-8H,9,17H2,1-2H3,(H2,16,20). The van der Waals surface area contributed by atoms with Crippen LogP contribution in [0.25, 0.3) is 0 Å². The van der Waals surface area contributed by atoms with Gasteiger partial charge in [0.25, 0.3) is 0 Å². The van der Waals surface area contributed by atoms with Gasteiger partial charge in [0.2, 0.25) is 5.91 Å². The van der Waals surface area contributed by atoms with E-state index in [9.17, 15) is 4.79 Å². The normalized spacial score (nSPS) is 13.7. The summed E-state index contributed by atoms with van der Waals surface area (Å²) in [6.07, 6.45) is 0. The molecule has 0 saturated heterocycles. The minimum atomic E-state index is -1.24. The molecule has 6 heteroatoms. The van der Waals surface area contributed by atoms with Gasteiger partial charge in [0.15, 0.2) is 5.16 Å². The molecule has 0 aliphatic heterocycles. The second-order valence-electron chi connectivity index (χ2n) is 4.92. The summed E-state index contributed by atoms with van der Waals surface area (Å²) in [5, 5.41) is 0.597. The zero-order valence-electron chi connectivity index (χ0n) is 12.0. The van der Waals surface area contributed by atoms with Crippen molar-refractivity contribution in [3.8, 4) is 0 Å². The predicted molar refractivity (Wildman–Crippen MR) is 83.7 cm³/mol. The number of aryl methyl sites for hydroxylation is 2. The van der Waals surface area contributed by atoms with E-state index in [4.69, 9.17) is 11.5 Å². The molecule has 1 heterocycles. The van der Waals surface area contributed by atoms with Gasteiger partial charge in [0, 0.05) is 17.1 Å². The maximum atomic E-state index is 11.8. The Balaban J connectivity index is 2.23. The van der Waals surface area contributed by atoms with Crippen molar-refractivity contribution in [1.29, 1.82) is 0 Å². The quantitative estimate of drug-likeness (QED) is 0.645. The second-order valence-corrected chi connectivity index (χ2v) is 5.87. The smallest absolute Gasteiger partial charge is 0.243 e. The number of amides is 1. The van der Waals surface area contributed by atoms with Crippen molar-refractivity contribution in [3.63, 3.8) is 0 Å². The molecule has 110 valence electrons. The summed E-state index contributed by atoms with van der Waals surface area (Å²) in [4.78, 5) is 20.5. The van der Waals surface area contributed by atoms with Crippen molar-refractivity contribution in [3.05, 3.63) is 53.3 Å². The van der Waals surface area contributed by atoms with E-state index in [2.05, 4.69) is 9.97 Å². The number of nitrogens with zero attached hydrogens (tertiary/aromatic N) is 2. The van der Waals surface area contributed by atoms with Crippen LogP contribution in [0.5, 0.6) is 0 Å². The maximum absolute atomic E-state index is 11.8. The van der Waals surface area contributed by atoms with Gasteiger partial charge in [-0.25, -0.2) is 9.97 Å². The molecule has 0 bridgehead atoms. The van der Waals surface area contributed by atoms with Crippen molar-refractivity contribution in [2.75, 3.05) is 5.75 Å². The van der Waals surface area contributed by atoms with E-state index >= 15 is 0 Å². The van der Waals surface area contributed by atoms with E-state index in [0.717, 1.165) is 11.4 Å². The molecule has 21 heavy (non-hydrogen) atoms. The molecule has 0 spiro atoms. The van der Waals surface area contributed by atoms with Gasteiger partial charge in [0.05, 0.1) is 0 Å². The fourth-order valence-corrected chi connectivity index (χ4v) is 3.05. The first-order valence-corrected chi connectivity index (χ1v) is 7.50. The lowest BCUT2D eigenvalue weighted by Gasteiger charge is -2.25. The van der Waals surface area contributed by atoms with Crippen molar-refractivity contribution in [1.82, 2.24) is 9.97 Å². The number of rotatable bonds is 5. The first-order valence-electron chi connectivity index (χ1n) is 6.51. The molecule has 1 amide bonds. The molecule has 5 nitrogen and oxygen atoms in total. The first kappa shape index (κ1) is 15.5. The van der Waals surface area contributed by atoms with Crippen LogP contribution in [0.3, 0.4) is 0 Å². The molecule has 0 saturated carbocycles. The fourth-order valence-electron chi connectivity index (χ4n) is 1.97. The third kappa shape index (κ3) is 3.59. The lowest BCUT2D eigenvalue weighted by atomic mass is 9.92. The number of nitrogens with two attached hydrogens (primary N) is 2. The number of carbonyl (C=O) groups excluding carboxylic acids is 1. The van der Waals surface area contributed by atoms with Gasteiger partial charge in [-0.3, -0.25) is 4.79 Å². The summed E-state index contributed by atoms with van der Waals surface area (Å²) in [6, 6.07) is 11.0. The summed E-state index contributed by atoms with van der Waals surface area (Å²) in [5.74, 6) is -0.277. The second kappa shape index (κ2) is 6.24. The molecule has 0 fully saturated rings. The molecule has 1 atom stereocenters. The van der Waals surface area contributed by atoms with Gasteiger partial charge in [-0.1, -0.05) is 42.1 Å². The molecule has 0 aliphatic carbocycles. The zero-order chi connectivity index (χ0) is 15.5. The van der Waals surface area contributed by atoms with E-state index in [-0.39, 0.29) is 5.75 Å². The van der Waals surface area contributed by atoms with E-state index in [1.807, 2.05) is 38.1 Å². The van der Waals surface area contributed by atoms with E-state index in [0.29, 0.717) is 10.7 Å². The molecule has 0 aliphatic rings. The molecule has 0 radical (unpaired) electrons. The van der Waals surface area contributed by atoms with Crippen molar-refractivity contribution >= 4 is 17.7 Å². The lowest BCUT2D eigenvalue weighted by Crippen LogP contribution is -2.51. The van der Waals surface area contributed by atoms with Crippen LogP contribution in [0.4, 0.5) is 0 Å². The summed E-state index contributed by atoms with van der Waals surface area (Å²) in [5.41, 5.74) is 13.0. The predicted octanol–water partition coefficient (Wildman–Crippen LogP) is 1.53. The minimum Gasteiger partial charge on any atom is -0.368 e. The zero-order valence-corrected chi connectivity index (χ0v) is 12.9. The molecule has 1 aromatic carbocycles. The number of hydrogen-bond donors (Lipinski definition) is 2. The molecular weight excluding hydrogens is 284 g/mol. The van der Waals surface area contributed by atoms with Crippen LogP contribution in [0.15, 0.2) is 41.6 Å². The number of aromatic nitrogens is 2. The van der Waals surface area contributed by atoms with Crippen molar-refractivity contribution < 1.29 is 4.79 Å². The van der Waals surface area contributed by atoms with Gasteiger partial charge in [-0.15, -0.1) is 0 Å². The Morgan fingerprint density at radius 3 is 2.29 bits per heavy atom. The SMILES string of the molecule is Cc1cc(C)nc(SCC(N)(C(N)=O)c2ccccc2)n1.